The Balaban J connectivity index is 1.80. The molecule has 0 saturated carbocycles. The van der Waals surface area contributed by atoms with Gasteiger partial charge in [0.05, 0.1) is 22.8 Å². The smallest absolute Gasteiger partial charge is 0.220 e. The minimum Gasteiger partial charge on any atom is -0.496 e. The molecule has 1 aliphatic rings. The maximum Gasteiger partial charge on any atom is 0.220 e. The van der Waals surface area contributed by atoms with E-state index in [-0.39, 0.29) is 11.8 Å². The zero-order chi connectivity index (χ0) is 17.6. The predicted molar refractivity (Wildman–Crippen MR) is 97.6 cm³/mol. The van der Waals surface area contributed by atoms with Gasteiger partial charge in [0, 0.05) is 36.8 Å². The lowest BCUT2D eigenvalue weighted by Crippen LogP contribution is -2.13. The van der Waals surface area contributed by atoms with E-state index in [9.17, 15) is 4.79 Å². The second-order valence-electron chi connectivity index (χ2n) is 5.99. The quantitative estimate of drug-likeness (QED) is 0.754. The summed E-state index contributed by atoms with van der Waals surface area (Å²) in [5.74, 6) is 0.828. The summed E-state index contributed by atoms with van der Waals surface area (Å²) in [6, 6.07) is 7.38. The minimum atomic E-state index is 0.0678. The molecule has 1 atom stereocenters. The second kappa shape index (κ2) is 6.24. The molecular weight excluding hydrogens is 361 g/mol. The van der Waals surface area contributed by atoms with Crippen molar-refractivity contribution < 1.29 is 9.53 Å². The maximum absolute atomic E-state index is 11.4. The fourth-order valence-corrected chi connectivity index (χ4v) is 3.56. The van der Waals surface area contributed by atoms with Crippen LogP contribution in [0.25, 0.3) is 16.8 Å². The number of benzene rings is 1. The molecule has 1 aromatic carbocycles. The number of ether oxygens (including phenoxy) is 1. The van der Waals surface area contributed by atoms with E-state index in [2.05, 4.69) is 10.3 Å². The number of methoxy groups -OCH3 is 1. The lowest BCUT2D eigenvalue weighted by atomic mass is 10.1. The Bertz CT molecular complexity index is 984. The van der Waals surface area contributed by atoms with E-state index < -0.39 is 0 Å². The maximum atomic E-state index is 11.4. The Morgan fingerprint density at radius 3 is 2.88 bits per heavy atom. The first-order chi connectivity index (χ1) is 12.1. The SMILES string of the molecule is COc1ccc(Cl)c(Cl)c1-c1ccn2cc(C3CNC(=O)C3)nc2c1. The van der Waals surface area contributed by atoms with E-state index in [4.69, 9.17) is 27.9 Å². The largest absolute Gasteiger partial charge is 0.496 e. The highest BCUT2D eigenvalue weighted by atomic mass is 35.5. The van der Waals surface area contributed by atoms with Crippen molar-refractivity contribution >= 4 is 34.8 Å². The number of imidazole rings is 1. The molecule has 0 bridgehead atoms. The molecule has 25 heavy (non-hydrogen) atoms. The molecule has 3 aromatic rings. The highest BCUT2D eigenvalue weighted by molar-refractivity contribution is 6.44. The average Bonchev–Trinajstić information content (AvgIpc) is 3.22. The third-order valence-electron chi connectivity index (χ3n) is 4.44. The van der Waals surface area contributed by atoms with Crippen LogP contribution in [0.1, 0.15) is 18.0 Å². The molecule has 7 heteroatoms. The van der Waals surface area contributed by atoms with Crippen LogP contribution < -0.4 is 10.1 Å². The number of amides is 1. The van der Waals surface area contributed by atoms with Gasteiger partial charge in [-0.05, 0) is 29.8 Å². The molecule has 5 nitrogen and oxygen atoms in total. The van der Waals surface area contributed by atoms with Crippen molar-refractivity contribution in [2.75, 3.05) is 13.7 Å². The zero-order valence-corrected chi connectivity index (χ0v) is 14.9. The van der Waals surface area contributed by atoms with Gasteiger partial charge in [-0.3, -0.25) is 4.79 Å². The van der Waals surface area contributed by atoms with E-state index in [0.29, 0.717) is 28.8 Å². The second-order valence-corrected chi connectivity index (χ2v) is 6.78. The van der Waals surface area contributed by atoms with Crippen LogP contribution in [0, 0.1) is 0 Å². The molecule has 1 unspecified atom stereocenters. The van der Waals surface area contributed by atoms with Gasteiger partial charge in [0.25, 0.3) is 0 Å². The van der Waals surface area contributed by atoms with Crippen LogP contribution in [0.4, 0.5) is 0 Å². The van der Waals surface area contributed by atoms with E-state index in [1.165, 1.54) is 0 Å². The zero-order valence-electron chi connectivity index (χ0n) is 13.4. The van der Waals surface area contributed by atoms with Gasteiger partial charge in [-0.2, -0.15) is 0 Å². The number of nitrogens with one attached hydrogen (secondary N) is 1. The number of aromatic nitrogens is 2. The van der Waals surface area contributed by atoms with Gasteiger partial charge >= 0.3 is 0 Å². The van der Waals surface area contributed by atoms with Crippen molar-refractivity contribution in [3.63, 3.8) is 0 Å². The summed E-state index contributed by atoms with van der Waals surface area (Å²) in [5, 5.41) is 3.76. The first-order valence-corrected chi connectivity index (χ1v) is 8.60. The van der Waals surface area contributed by atoms with Crippen molar-refractivity contribution in [1.82, 2.24) is 14.7 Å². The number of carbonyl (C=O) groups is 1. The normalized spacial score (nSPS) is 17.1. The first-order valence-electron chi connectivity index (χ1n) is 7.84. The van der Waals surface area contributed by atoms with Crippen molar-refractivity contribution in [3.8, 4) is 16.9 Å². The molecule has 1 aliphatic heterocycles. The summed E-state index contributed by atoms with van der Waals surface area (Å²) in [6.07, 6.45) is 4.35. The third-order valence-corrected chi connectivity index (χ3v) is 5.24. The van der Waals surface area contributed by atoms with Gasteiger partial charge < -0.3 is 14.5 Å². The lowest BCUT2D eigenvalue weighted by Gasteiger charge is -2.12. The van der Waals surface area contributed by atoms with E-state index in [1.807, 2.05) is 28.9 Å². The topological polar surface area (TPSA) is 55.6 Å². The molecular formula is C18H15Cl2N3O2. The Labute approximate surface area is 154 Å². The molecule has 0 spiro atoms. The van der Waals surface area contributed by atoms with Crippen LogP contribution in [0.3, 0.4) is 0 Å². The Hall–Kier alpha value is -2.24. The number of halogens is 2. The fraction of sp³-hybridized carbons (Fsp3) is 0.222. The molecule has 1 amide bonds. The Morgan fingerprint density at radius 2 is 2.16 bits per heavy atom. The summed E-state index contributed by atoms with van der Waals surface area (Å²) < 4.78 is 7.37. The number of rotatable bonds is 3. The molecule has 0 radical (unpaired) electrons. The highest BCUT2D eigenvalue weighted by Gasteiger charge is 2.25. The summed E-state index contributed by atoms with van der Waals surface area (Å²) >= 11 is 12.6. The molecule has 1 N–H and O–H groups in total. The molecule has 1 saturated heterocycles. The van der Waals surface area contributed by atoms with E-state index >= 15 is 0 Å². The van der Waals surface area contributed by atoms with Crippen LogP contribution >= 0.6 is 23.2 Å². The molecule has 128 valence electrons. The van der Waals surface area contributed by atoms with Crippen LogP contribution in [0.2, 0.25) is 10.0 Å². The van der Waals surface area contributed by atoms with Gasteiger partial charge in [0.1, 0.15) is 11.4 Å². The van der Waals surface area contributed by atoms with Crippen LogP contribution in [-0.2, 0) is 4.79 Å². The van der Waals surface area contributed by atoms with Crippen molar-refractivity contribution in [2.45, 2.75) is 12.3 Å². The number of hydrogen-bond acceptors (Lipinski definition) is 3. The molecule has 0 aliphatic carbocycles. The fourth-order valence-electron chi connectivity index (χ4n) is 3.14. The van der Waals surface area contributed by atoms with Gasteiger partial charge in [-0.15, -0.1) is 0 Å². The lowest BCUT2D eigenvalue weighted by molar-refractivity contribution is -0.119. The summed E-state index contributed by atoms with van der Waals surface area (Å²) in [4.78, 5) is 16.1. The van der Waals surface area contributed by atoms with Gasteiger partial charge in [-0.25, -0.2) is 4.98 Å². The van der Waals surface area contributed by atoms with Crippen molar-refractivity contribution in [1.29, 1.82) is 0 Å². The first kappa shape index (κ1) is 16.2. The van der Waals surface area contributed by atoms with Crippen LogP contribution in [0.5, 0.6) is 5.75 Å². The average molecular weight is 376 g/mol. The van der Waals surface area contributed by atoms with Gasteiger partial charge in [0.2, 0.25) is 5.91 Å². The Kier molecular flexibility index (Phi) is 4.06. The van der Waals surface area contributed by atoms with E-state index in [1.54, 1.807) is 19.2 Å². The highest BCUT2D eigenvalue weighted by Crippen LogP contribution is 2.41. The number of fused-ring (bicyclic) bond motifs is 1. The summed E-state index contributed by atoms with van der Waals surface area (Å²) in [5.41, 5.74) is 3.29. The van der Waals surface area contributed by atoms with Crippen molar-refractivity contribution in [3.05, 3.63) is 52.4 Å². The minimum absolute atomic E-state index is 0.0678. The molecule has 1 fully saturated rings. The standard InChI is InChI=1S/C18H15Cl2N3O2/c1-25-14-3-2-12(19)18(20)17(14)10-4-5-23-9-13(22-15(23)6-10)11-7-16(24)21-8-11/h2-6,9,11H,7-8H2,1H3,(H,21,24). The molecule has 4 rings (SSSR count). The van der Waals surface area contributed by atoms with Crippen LogP contribution in [-0.4, -0.2) is 28.9 Å². The van der Waals surface area contributed by atoms with Gasteiger partial charge in [0.15, 0.2) is 0 Å². The Morgan fingerprint density at radius 1 is 1.32 bits per heavy atom. The molecule has 3 heterocycles. The van der Waals surface area contributed by atoms with Gasteiger partial charge in [-0.1, -0.05) is 23.2 Å². The predicted octanol–water partition coefficient (Wildman–Crippen LogP) is 3.92. The van der Waals surface area contributed by atoms with E-state index in [0.717, 1.165) is 22.5 Å². The van der Waals surface area contributed by atoms with Crippen molar-refractivity contribution in [2.24, 2.45) is 0 Å². The number of pyridine rings is 1. The van der Waals surface area contributed by atoms with Crippen LogP contribution in [0.15, 0.2) is 36.7 Å². The summed E-state index contributed by atoms with van der Waals surface area (Å²) in [7, 11) is 1.60. The number of carbonyl (C=O) groups excluding carboxylic acids is 1. The molecule has 2 aromatic heterocycles. The monoisotopic (exact) mass is 375 g/mol. The summed E-state index contributed by atoms with van der Waals surface area (Å²) in [6.45, 7) is 0.628. The number of nitrogens with zero attached hydrogens (tertiary/aromatic N) is 2. The third kappa shape index (κ3) is 2.83. The number of hydrogen-bond donors (Lipinski definition) is 1.